The minimum atomic E-state index is -1.26. The minimum Gasteiger partial charge on any atom is -0.323 e. The highest BCUT2D eigenvalue weighted by Gasteiger charge is 2.69. The zero-order chi connectivity index (χ0) is 29.2. The van der Waals surface area contributed by atoms with E-state index in [1.54, 1.807) is 12.4 Å². The van der Waals surface area contributed by atoms with Crippen LogP contribution in [-0.4, -0.2) is 47.8 Å². The molecule has 10 rings (SSSR count). The number of benzene rings is 2. The van der Waals surface area contributed by atoms with Crippen LogP contribution in [0.4, 0.5) is 11.9 Å². The number of fused-ring (bicyclic) bond motifs is 11. The predicted molar refractivity (Wildman–Crippen MR) is 169 cm³/mol. The molecule has 0 bridgehead atoms. The summed E-state index contributed by atoms with van der Waals surface area (Å²) in [4.78, 5) is 29.5. The van der Waals surface area contributed by atoms with E-state index in [1.807, 2.05) is 103 Å². The number of rotatable bonds is 2. The summed E-state index contributed by atoms with van der Waals surface area (Å²) >= 11 is 12.6. The quantitative estimate of drug-likeness (QED) is 0.262. The third-order valence-electron chi connectivity index (χ3n) is 8.54. The van der Waals surface area contributed by atoms with Gasteiger partial charge in [0.25, 0.3) is 0 Å². The van der Waals surface area contributed by atoms with Gasteiger partial charge in [-0.15, -0.1) is 0 Å². The molecule has 210 valence electrons. The van der Waals surface area contributed by atoms with Gasteiger partial charge >= 0.3 is 0 Å². The van der Waals surface area contributed by atoms with E-state index in [1.165, 1.54) is 0 Å². The molecule has 8 aromatic rings. The molecule has 2 aliphatic rings. The summed E-state index contributed by atoms with van der Waals surface area (Å²) in [7, 11) is 0. The summed E-state index contributed by atoms with van der Waals surface area (Å²) in [6, 6.07) is 27.2. The van der Waals surface area contributed by atoms with E-state index < -0.39 is 11.3 Å². The van der Waals surface area contributed by atoms with Crippen LogP contribution in [0, 0.1) is 9.54 Å². The highest BCUT2D eigenvalue weighted by atomic mass is 32.1. The molecule has 2 atom stereocenters. The fourth-order valence-corrected chi connectivity index (χ4v) is 7.62. The highest BCUT2D eigenvalue weighted by Crippen LogP contribution is 2.56. The Morgan fingerprint density at radius 3 is 1.39 bits per heavy atom. The summed E-state index contributed by atoms with van der Waals surface area (Å²) in [5.41, 5.74) is 2.06. The van der Waals surface area contributed by atoms with E-state index in [0.717, 1.165) is 22.1 Å². The van der Waals surface area contributed by atoms with Crippen LogP contribution in [0.1, 0.15) is 11.4 Å². The smallest absolute Gasteiger partial charge is 0.240 e. The van der Waals surface area contributed by atoms with Crippen molar-refractivity contribution in [3.63, 3.8) is 0 Å². The first-order chi connectivity index (χ1) is 21.6. The first-order valence-electron chi connectivity index (χ1n) is 13.8. The van der Waals surface area contributed by atoms with E-state index in [-0.39, 0.29) is 0 Å². The second kappa shape index (κ2) is 8.06. The maximum absolute atomic E-state index is 6.32. The molecule has 0 saturated carbocycles. The number of nitrogens with zero attached hydrogens (tertiary/aromatic N) is 10. The zero-order valence-corrected chi connectivity index (χ0v) is 24.2. The largest absolute Gasteiger partial charge is 0.323 e. The van der Waals surface area contributed by atoms with Gasteiger partial charge in [-0.3, -0.25) is 27.9 Å². The maximum Gasteiger partial charge on any atom is 0.240 e. The average molecular weight is 611 g/mol. The van der Waals surface area contributed by atoms with Crippen LogP contribution < -0.4 is 10.6 Å². The number of hydrogen-bond donors (Lipinski definition) is 2. The Balaban J connectivity index is 1.42. The first kappa shape index (κ1) is 23.9. The van der Waals surface area contributed by atoms with Gasteiger partial charge in [-0.25, -0.2) is 9.97 Å². The summed E-state index contributed by atoms with van der Waals surface area (Å²) in [6.07, 6.45) is 3.51. The highest BCUT2D eigenvalue weighted by molar-refractivity contribution is 7.71. The third-order valence-corrected chi connectivity index (χ3v) is 9.27. The lowest BCUT2D eigenvalue weighted by molar-refractivity contribution is 0.242. The van der Waals surface area contributed by atoms with Crippen LogP contribution >= 0.6 is 24.4 Å². The van der Waals surface area contributed by atoms with Gasteiger partial charge in [-0.05, 0) is 73.0 Å². The Morgan fingerprint density at radius 2 is 0.955 bits per heavy atom. The number of nitrogens with one attached hydrogen (secondary N) is 2. The van der Waals surface area contributed by atoms with E-state index in [4.69, 9.17) is 54.3 Å². The number of anilines is 2. The van der Waals surface area contributed by atoms with Crippen LogP contribution in [0.25, 0.3) is 33.6 Å². The number of hydrogen-bond acceptors (Lipinski definition) is 10. The normalized spacial score (nSPS) is 20.1. The number of para-hydroxylation sites is 4. The molecule has 0 amide bonds. The van der Waals surface area contributed by atoms with E-state index in [2.05, 4.69) is 10.6 Å². The molecule has 2 aromatic carbocycles. The Labute approximate surface area is 257 Å². The van der Waals surface area contributed by atoms with Crippen LogP contribution in [0.15, 0.2) is 97.3 Å². The fourth-order valence-electron chi connectivity index (χ4n) is 6.82. The van der Waals surface area contributed by atoms with Crippen molar-refractivity contribution in [3.05, 3.63) is 118 Å². The van der Waals surface area contributed by atoms with Crippen molar-refractivity contribution in [2.45, 2.75) is 11.3 Å². The van der Waals surface area contributed by atoms with Crippen molar-refractivity contribution in [3.8, 4) is 0 Å². The molecule has 44 heavy (non-hydrogen) atoms. The van der Waals surface area contributed by atoms with Crippen LogP contribution in [0.3, 0.4) is 0 Å². The lowest BCUT2D eigenvalue weighted by Gasteiger charge is -2.39. The summed E-state index contributed by atoms with van der Waals surface area (Å²) in [5.74, 6) is 1.90. The Hall–Kier alpha value is -5.60. The van der Waals surface area contributed by atoms with Crippen molar-refractivity contribution in [2.24, 2.45) is 0 Å². The van der Waals surface area contributed by atoms with Crippen LogP contribution in [0.2, 0.25) is 0 Å². The standard InChI is InChI=1S/C30H18N12S2/c43-27-39-19-11-3-1-9-17(19)33-23(39)35-25-37-30(22-14-6-8-16-32-22)29(41(25)27,21-13-5-7-15-31-21)38-26-36-24-34-18-10-2-4-12-20(18)40(24)28(44)42(26)30/h1-16H,(H,33,35,37)(H,34,36,38)/t29-,30-/m0/s1. The fraction of sp³-hybridized carbons (Fsp3) is 0.0667. The molecule has 0 spiro atoms. The van der Waals surface area contributed by atoms with Crippen molar-refractivity contribution < 1.29 is 0 Å². The number of pyridine rings is 2. The lowest BCUT2D eigenvalue weighted by Crippen LogP contribution is -2.58. The second-order valence-corrected chi connectivity index (χ2v) is 11.4. The molecule has 6 aromatic heterocycles. The van der Waals surface area contributed by atoms with E-state index >= 15 is 0 Å². The number of aromatic nitrogens is 10. The summed E-state index contributed by atoms with van der Waals surface area (Å²) in [5, 5.41) is 7.47. The van der Waals surface area contributed by atoms with Gasteiger partial charge in [-0.1, -0.05) is 36.4 Å². The van der Waals surface area contributed by atoms with Gasteiger partial charge in [0.15, 0.2) is 9.54 Å². The SMILES string of the molecule is S=c1n2c(nc3nc4ccccc4n13)N[C@@]1(c3ccccn3)n3c(nc4nc5ccccc5n4c3=S)N[C@@]21c1ccccn1. The van der Waals surface area contributed by atoms with Crippen molar-refractivity contribution in [1.82, 2.24) is 47.8 Å². The van der Waals surface area contributed by atoms with Crippen molar-refractivity contribution in [2.75, 3.05) is 10.6 Å². The van der Waals surface area contributed by atoms with Crippen molar-refractivity contribution >= 4 is 70.0 Å². The van der Waals surface area contributed by atoms with Gasteiger partial charge in [-0.2, -0.15) is 9.97 Å². The molecule has 0 unspecified atom stereocenters. The zero-order valence-electron chi connectivity index (χ0n) is 22.5. The molecule has 14 heteroatoms. The molecule has 0 fully saturated rings. The molecule has 2 aliphatic heterocycles. The van der Waals surface area contributed by atoms with Gasteiger partial charge in [0.1, 0.15) is 0 Å². The molecule has 12 nitrogen and oxygen atoms in total. The first-order valence-corrected chi connectivity index (χ1v) is 14.6. The second-order valence-electron chi connectivity index (χ2n) is 10.7. The van der Waals surface area contributed by atoms with E-state index in [0.29, 0.717) is 44.4 Å². The molecular formula is C30H18N12S2. The van der Waals surface area contributed by atoms with Gasteiger partial charge in [0, 0.05) is 12.4 Å². The average Bonchev–Trinajstić information content (AvgIpc) is 3.77. The molecular weight excluding hydrogens is 593 g/mol. The third kappa shape index (κ3) is 2.64. The maximum atomic E-state index is 6.32. The molecule has 8 heterocycles. The van der Waals surface area contributed by atoms with Crippen molar-refractivity contribution in [1.29, 1.82) is 0 Å². The Kier molecular flexibility index (Phi) is 4.38. The monoisotopic (exact) mass is 610 g/mol. The molecule has 0 aliphatic carbocycles. The van der Waals surface area contributed by atoms with Gasteiger partial charge in [0.2, 0.25) is 34.8 Å². The van der Waals surface area contributed by atoms with E-state index in [9.17, 15) is 0 Å². The Morgan fingerprint density at radius 1 is 0.523 bits per heavy atom. The topological polar surface area (TPSA) is 120 Å². The predicted octanol–water partition coefficient (Wildman–Crippen LogP) is 4.88. The summed E-state index contributed by atoms with van der Waals surface area (Å²) in [6.45, 7) is 0. The van der Waals surface area contributed by atoms with Crippen LogP contribution in [0.5, 0.6) is 0 Å². The van der Waals surface area contributed by atoms with Gasteiger partial charge < -0.3 is 10.6 Å². The minimum absolute atomic E-state index is 0.455. The lowest BCUT2D eigenvalue weighted by atomic mass is 9.87. The number of imidazole rings is 2. The van der Waals surface area contributed by atoms with Crippen LogP contribution in [-0.2, 0) is 11.3 Å². The van der Waals surface area contributed by atoms with Gasteiger partial charge in [0.05, 0.1) is 33.5 Å². The Bertz CT molecular complexity index is 2440. The molecule has 0 radical (unpaired) electrons. The summed E-state index contributed by atoms with van der Waals surface area (Å²) < 4.78 is 8.57. The molecule has 2 N–H and O–H groups in total. The molecule has 0 saturated heterocycles.